The standard InChI is InChI=1S/C16H11BrF2N2O3/c17-10-6-11(18)16(12(19)7-10)9-5-15(22)20(8-9)13-3-1-2-4-14(13)21(23)24/h1-4,6-7,9H,5,8H2/t9-/m0/s1. The smallest absolute Gasteiger partial charge is 0.292 e. The molecule has 0 aliphatic carbocycles. The molecule has 1 atom stereocenters. The average Bonchev–Trinajstić information content (AvgIpc) is 2.87. The minimum Gasteiger partial charge on any atom is -0.306 e. The average molecular weight is 397 g/mol. The Kier molecular flexibility index (Phi) is 4.31. The Morgan fingerprint density at radius 3 is 2.46 bits per heavy atom. The van der Waals surface area contributed by atoms with E-state index in [1.54, 1.807) is 6.07 Å². The maximum Gasteiger partial charge on any atom is 0.292 e. The monoisotopic (exact) mass is 396 g/mol. The van der Waals surface area contributed by atoms with E-state index in [1.165, 1.54) is 23.1 Å². The lowest BCUT2D eigenvalue weighted by atomic mass is 9.97. The van der Waals surface area contributed by atoms with Crippen LogP contribution in [0.25, 0.3) is 0 Å². The third kappa shape index (κ3) is 2.89. The molecule has 1 aliphatic heterocycles. The number of anilines is 1. The number of nitro groups is 1. The van der Waals surface area contributed by atoms with Gasteiger partial charge in [0.15, 0.2) is 0 Å². The lowest BCUT2D eigenvalue weighted by Crippen LogP contribution is -2.25. The van der Waals surface area contributed by atoms with Gasteiger partial charge >= 0.3 is 0 Å². The molecule has 0 saturated carbocycles. The van der Waals surface area contributed by atoms with E-state index in [4.69, 9.17) is 0 Å². The molecule has 0 bridgehead atoms. The second kappa shape index (κ2) is 6.27. The van der Waals surface area contributed by atoms with Crippen molar-refractivity contribution in [1.82, 2.24) is 0 Å². The van der Waals surface area contributed by atoms with E-state index in [0.717, 1.165) is 12.1 Å². The van der Waals surface area contributed by atoms with E-state index < -0.39 is 28.4 Å². The normalized spacial score (nSPS) is 17.4. The Balaban J connectivity index is 1.97. The molecule has 0 N–H and O–H groups in total. The molecule has 0 radical (unpaired) electrons. The van der Waals surface area contributed by atoms with Gasteiger partial charge in [-0.3, -0.25) is 14.9 Å². The van der Waals surface area contributed by atoms with Crippen molar-refractivity contribution >= 4 is 33.2 Å². The molecule has 2 aromatic carbocycles. The highest BCUT2D eigenvalue weighted by Gasteiger charge is 2.37. The van der Waals surface area contributed by atoms with Crippen LogP contribution in [0.1, 0.15) is 17.9 Å². The SMILES string of the molecule is O=C1C[C@H](c2c(F)cc(Br)cc2F)CN1c1ccccc1[N+](=O)[O-]. The Labute approximate surface area is 144 Å². The number of benzene rings is 2. The first kappa shape index (κ1) is 16.5. The van der Waals surface area contributed by atoms with Crippen molar-refractivity contribution in [2.45, 2.75) is 12.3 Å². The van der Waals surface area contributed by atoms with Gasteiger partial charge in [-0.1, -0.05) is 28.1 Å². The van der Waals surface area contributed by atoms with E-state index in [9.17, 15) is 23.7 Å². The zero-order valence-corrected chi connectivity index (χ0v) is 13.8. The number of carbonyl (C=O) groups is 1. The fourth-order valence-electron chi connectivity index (χ4n) is 2.92. The van der Waals surface area contributed by atoms with Gasteiger partial charge in [0, 0.05) is 35.0 Å². The van der Waals surface area contributed by atoms with Crippen molar-refractivity contribution in [2.24, 2.45) is 0 Å². The number of hydrogen-bond donors (Lipinski definition) is 0. The zero-order valence-electron chi connectivity index (χ0n) is 12.2. The summed E-state index contributed by atoms with van der Waals surface area (Å²) < 4.78 is 28.5. The third-order valence-electron chi connectivity index (χ3n) is 3.95. The molecule has 1 fully saturated rings. The van der Waals surface area contributed by atoms with E-state index in [2.05, 4.69) is 15.9 Å². The van der Waals surface area contributed by atoms with Gasteiger partial charge in [-0.05, 0) is 18.2 Å². The summed E-state index contributed by atoms with van der Waals surface area (Å²) in [4.78, 5) is 24.0. The predicted octanol–water partition coefficient (Wildman–Crippen LogP) is 4.16. The number of hydrogen-bond acceptors (Lipinski definition) is 3. The molecular formula is C16H11BrF2N2O3. The summed E-state index contributed by atoms with van der Waals surface area (Å²) >= 11 is 3.01. The van der Waals surface area contributed by atoms with Crippen LogP contribution < -0.4 is 4.90 Å². The fourth-order valence-corrected chi connectivity index (χ4v) is 3.33. The summed E-state index contributed by atoms with van der Waals surface area (Å²) in [6.45, 7) is -0.0147. The molecule has 1 heterocycles. The first-order chi connectivity index (χ1) is 11.4. The molecule has 0 spiro atoms. The highest BCUT2D eigenvalue weighted by Crippen LogP contribution is 2.38. The highest BCUT2D eigenvalue weighted by molar-refractivity contribution is 9.10. The quantitative estimate of drug-likeness (QED) is 0.577. The number of nitrogens with zero attached hydrogens (tertiary/aromatic N) is 2. The fraction of sp³-hybridized carbons (Fsp3) is 0.188. The minimum absolute atomic E-state index is 0.0147. The van der Waals surface area contributed by atoms with Gasteiger partial charge in [-0.2, -0.15) is 0 Å². The molecule has 1 saturated heterocycles. The Bertz CT molecular complexity index is 821. The van der Waals surface area contributed by atoms with Gasteiger partial charge < -0.3 is 4.90 Å². The summed E-state index contributed by atoms with van der Waals surface area (Å²) in [5.41, 5.74) is -0.260. The van der Waals surface area contributed by atoms with Crippen LogP contribution in [0, 0.1) is 21.7 Å². The number of carbonyl (C=O) groups excluding carboxylic acids is 1. The predicted molar refractivity (Wildman–Crippen MR) is 86.9 cm³/mol. The second-order valence-electron chi connectivity index (χ2n) is 5.43. The molecule has 0 unspecified atom stereocenters. The molecule has 0 aromatic heterocycles. The van der Waals surface area contributed by atoms with Crippen LogP contribution in [0.5, 0.6) is 0 Å². The topological polar surface area (TPSA) is 63.5 Å². The van der Waals surface area contributed by atoms with Crippen LogP contribution >= 0.6 is 15.9 Å². The minimum atomic E-state index is -0.746. The summed E-state index contributed by atoms with van der Waals surface area (Å²) in [6.07, 6.45) is -0.110. The summed E-state index contributed by atoms with van der Waals surface area (Å²) in [7, 11) is 0. The van der Waals surface area contributed by atoms with Gasteiger partial charge in [0.05, 0.1) is 4.92 Å². The first-order valence-electron chi connectivity index (χ1n) is 7.06. The van der Waals surface area contributed by atoms with Crippen LogP contribution in [-0.4, -0.2) is 17.4 Å². The van der Waals surface area contributed by atoms with Crippen LogP contribution in [0.3, 0.4) is 0 Å². The molecule has 5 nitrogen and oxygen atoms in total. The number of halogens is 3. The molecule has 2 aromatic rings. The Hall–Kier alpha value is -2.35. The largest absolute Gasteiger partial charge is 0.306 e. The second-order valence-corrected chi connectivity index (χ2v) is 6.35. The van der Waals surface area contributed by atoms with Crippen molar-refractivity contribution < 1.29 is 18.5 Å². The molecule has 124 valence electrons. The van der Waals surface area contributed by atoms with Gasteiger partial charge in [0.25, 0.3) is 5.69 Å². The van der Waals surface area contributed by atoms with Crippen LogP contribution in [-0.2, 0) is 4.79 Å². The van der Waals surface area contributed by atoms with E-state index in [0.29, 0.717) is 0 Å². The number of para-hydroxylation sites is 2. The van der Waals surface area contributed by atoms with Crippen molar-refractivity contribution in [3.63, 3.8) is 0 Å². The summed E-state index contributed by atoms with van der Waals surface area (Å²) in [6, 6.07) is 8.08. The first-order valence-corrected chi connectivity index (χ1v) is 7.86. The number of nitro benzene ring substituents is 1. The maximum atomic E-state index is 14.1. The molecule has 3 rings (SSSR count). The van der Waals surface area contributed by atoms with Gasteiger partial charge in [-0.15, -0.1) is 0 Å². The van der Waals surface area contributed by atoms with Crippen LogP contribution in [0.15, 0.2) is 40.9 Å². The molecular weight excluding hydrogens is 386 g/mol. The molecule has 1 aliphatic rings. The highest BCUT2D eigenvalue weighted by atomic mass is 79.9. The Morgan fingerprint density at radius 1 is 1.21 bits per heavy atom. The molecule has 8 heteroatoms. The summed E-state index contributed by atoms with van der Waals surface area (Å²) in [5.74, 6) is -2.60. The van der Waals surface area contributed by atoms with E-state index >= 15 is 0 Å². The molecule has 1 amide bonds. The maximum absolute atomic E-state index is 14.1. The van der Waals surface area contributed by atoms with Gasteiger partial charge in [-0.25, -0.2) is 8.78 Å². The Morgan fingerprint density at radius 2 is 1.83 bits per heavy atom. The van der Waals surface area contributed by atoms with Crippen molar-refractivity contribution in [1.29, 1.82) is 0 Å². The van der Waals surface area contributed by atoms with Crippen molar-refractivity contribution in [3.8, 4) is 0 Å². The van der Waals surface area contributed by atoms with Gasteiger partial charge in [0.1, 0.15) is 17.3 Å². The summed E-state index contributed by atoms with van der Waals surface area (Å²) in [5, 5.41) is 11.1. The number of rotatable bonds is 3. The zero-order chi connectivity index (χ0) is 17.4. The van der Waals surface area contributed by atoms with Crippen LogP contribution in [0.2, 0.25) is 0 Å². The van der Waals surface area contributed by atoms with Gasteiger partial charge in [0.2, 0.25) is 5.91 Å². The third-order valence-corrected chi connectivity index (χ3v) is 4.40. The van der Waals surface area contributed by atoms with Crippen molar-refractivity contribution in [3.05, 3.63) is 68.2 Å². The molecule has 24 heavy (non-hydrogen) atoms. The van der Waals surface area contributed by atoms with Crippen LogP contribution in [0.4, 0.5) is 20.2 Å². The van der Waals surface area contributed by atoms with E-state index in [-0.39, 0.29) is 34.4 Å². The lowest BCUT2D eigenvalue weighted by Gasteiger charge is -2.17. The number of amides is 1. The van der Waals surface area contributed by atoms with E-state index in [1.807, 2.05) is 0 Å². The lowest BCUT2D eigenvalue weighted by molar-refractivity contribution is -0.384. The van der Waals surface area contributed by atoms with Crippen molar-refractivity contribution in [2.75, 3.05) is 11.4 Å².